The predicted molar refractivity (Wildman–Crippen MR) is 128 cm³/mol. The Bertz CT molecular complexity index is 873. The van der Waals surface area contributed by atoms with E-state index in [1.165, 1.54) is 0 Å². The lowest BCUT2D eigenvalue weighted by molar-refractivity contribution is -0.139. The summed E-state index contributed by atoms with van der Waals surface area (Å²) >= 11 is 5.44. The molecule has 1 aliphatic rings. The van der Waals surface area contributed by atoms with Crippen LogP contribution in [0.4, 0.5) is 5.69 Å². The molecule has 1 aliphatic heterocycles. The zero-order valence-electron chi connectivity index (χ0n) is 19.7. The van der Waals surface area contributed by atoms with Gasteiger partial charge in [-0.25, -0.2) is 4.79 Å². The SMILES string of the molecule is CCOC(=O)C1=C(C)N(C)C(=S)NC1c1cccc(NC(=O)CC(C)CC(C)(C)C)c1. The smallest absolute Gasteiger partial charge is 0.338 e. The molecule has 0 fully saturated rings. The Labute approximate surface area is 191 Å². The van der Waals surface area contributed by atoms with Gasteiger partial charge in [-0.05, 0) is 61.5 Å². The van der Waals surface area contributed by atoms with Crippen LogP contribution in [0.5, 0.6) is 0 Å². The average Bonchev–Trinajstić information content (AvgIpc) is 2.64. The van der Waals surface area contributed by atoms with E-state index < -0.39 is 6.04 Å². The molecule has 0 bridgehead atoms. The molecule has 1 aromatic rings. The van der Waals surface area contributed by atoms with Gasteiger partial charge in [0, 0.05) is 24.9 Å². The molecular weight excluding hydrogens is 410 g/mol. The van der Waals surface area contributed by atoms with E-state index in [1.54, 1.807) is 11.8 Å². The number of allylic oxidation sites excluding steroid dienone is 1. The number of rotatable bonds is 7. The van der Waals surface area contributed by atoms with Crippen molar-refractivity contribution in [3.05, 3.63) is 41.1 Å². The van der Waals surface area contributed by atoms with E-state index in [0.717, 1.165) is 17.7 Å². The number of benzene rings is 1. The highest BCUT2D eigenvalue weighted by Gasteiger charge is 2.33. The first-order chi connectivity index (χ1) is 14.4. The molecule has 1 amide bonds. The normalized spacial score (nSPS) is 17.8. The van der Waals surface area contributed by atoms with Crippen molar-refractivity contribution in [2.24, 2.45) is 11.3 Å². The molecule has 2 N–H and O–H groups in total. The molecule has 2 unspecified atom stereocenters. The molecule has 6 nitrogen and oxygen atoms in total. The topological polar surface area (TPSA) is 70.7 Å². The van der Waals surface area contributed by atoms with E-state index in [2.05, 4.69) is 38.3 Å². The van der Waals surface area contributed by atoms with E-state index in [-0.39, 0.29) is 23.2 Å². The number of carbonyl (C=O) groups is 2. The highest BCUT2D eigenvalue weighted by atomic mass is 32.1. The largest absolute Gasteiger partial charge is 0.463 e. The number of amides is 1. The highest BCUT2D eigenvalue weighted by molar-refractivity contribution is 7.80. The molecule has 0 spiro atoms. The molecule has 1 aromatic carbocycles. The zero-order chi connectivity index (χ0) is 23.3. The third-order valence-electron chi connectivity index (χ3n) is 5.25. The first kappa shape index (κ1) is 24.9. The van der Waals surface area contributed by atoms with Gasteiger partial charge in [0.25, 0.3) is 0 Å². The maximum absolute atomic E-state index is 12.7. The van der Waals surface area contributed by atoms with E-state index in [9.17, 15) is 9.59 Å². The van der Waals surface area contributed by atoms with E-state index in [4.69, 9.17) is 17.0 Å². The van der Waals surface area contributed by atoms with Crippen LogP contribution in [-0.2, 0) is 14.3 Å². The van der Waals surface area contributed by atoms with Gasteiger partial charge in [-0.3, -0.25) is 4.79 Å². The summed E-state index contributed by atoms with van der Waals surface area (Å²) < 4.78 is 5.29. The monoisotopic (exact) mass is 445 g/mol. The second kappa shape index (κ2) is 10.3. The minimum Gasteiger partial charge on any atom is -0.463 e. The van der Waals surface area contributed by atoms with Crippen molar-refractivity contribution >= 4 is 34.9 Å². The summed E-state index contributed by atoms with van der Waals surface area (Å²) in [7, 11) is 1.81. The zero-order valence-corrected chi connectivity index (χ0v) is 20.5. The van der Waals surface area contributed by atoms with Crippen molar-refractivity contribution in [1.82, 2.24) is 10.2 Å². The van der Waals surface area contributed by atoms with Crippen molar-refractivity contribution in [3.8, 4) is 0 Å². The molecule has 170 valence electrons. The van der Waals surface area contributed by atoms with E-state index >= 15 is 0 Å². The maximum atomic E-state index is 12.7. The van der Waals surface area contributed by atoms with Gasteiger partial charge in [-0.15, -0.1) is 0 Å². The van der Waals surface area contributed by atoms with Crippen LogP contribution < -0.4 is 10.6 Å². The Kier molecular flexibility index (Phi) is 8.23. The molecule has 0 saturated heterocycles. The minimum atomic E-state index is -0.445. The molecule has 2 atom stereocenters. The molecule has 0 aliphatic carbocycles. The molecule has 1 heterocycles. The number of hydrogen-bond donors (Lipinski definition) is 2. The van der Waals surface area contributed by atoms with Crippen LogP contribution in [-0.4, -0.2) is 35.5 Å². The Morgan fingerprint density at radius 1 is 1.32 bits per heavy atom. The number of thiocarbonyl (C=S) groups is 1. The number of anilines is 1. The van der Waals surface area contributed by atoms with Crippen molar-refractivity contribution in [2.75, 3.05) is 19.0 Å². The Balaban J connectivity index is 2.24. The summed E-state index contributed by atoms with van der Waals surface area (Å²) in [5.74, 6) is -0.104. The van der Waals surface area contributed by atoms with Gasteiger partial charge in [0.2, 0.25) is 5.91 Å². The number of carbonyl (C=O) groups excluding carboxylic acids is 2. The fourth-order valence-electron chi connectivity index (χ4n) is 4.00. The van der Waals surface area contributed by atoms with Gasteiger partial charge < -0.3 is 20.3 Å². The first-order valence-electron chi connectivity index (χ1n) is 10.7. The van der Waals surface area contributed by atoms with Crippen molar-refractivity contribution in [1.29, 1.82) is 0 Å². The first-order valence-corrected chi connectivity index (χ1v) is 11.2. The molecule has 0 aromatic heterocycles. The average molecular weight is 446 g/mol. The Hall–Kier alpha value is -2.41. The second-order valence-corrected chi connectivity index (χ2v) is 9.80. The third-order valence-corrected chi connectivity index (χ3v) is 5.64. The molecule has 0 saturated carbocycles. The van der Waals surface area contributed by atoms with E-state index in [0.29, 0.717) is 29.4 Å². The highest BCUT2D eigenvalue weighted by Crippen LogP contribution is 2.32. The Morgan fingerprint density at radius 3 is 2.61 bits per heavy atom. The summed E-state index contributed by atoms with van der Waals surface area (Å²) in [5, 5.41) is 6.75. The molecular formula is C24H35N3O3S. The van der Waals surface area contributed by atoms with Crippen LogP contribution in [0.25, 0.3) is 0 Å². The predicted octanol–water partition coefficient (Wildman–Crippen LogP) is 4.79. The molecule has 0 radical (unpaired) electrons. The lowest BCUT2D eigenvalue weighted by Gasteiger charge is -2.35. The van der Waals surface area contributed by atoms with Gasteiger partial charge in [0.05, 0.1) is 18.2 Å². The summed E-state index contributed by atoms with van der Waals surface area (Å²) in [5.41, 5.74) is 2.97. The van der Waals surface area contributed by atoms with Gasteiger partial charge in [0.1, 0.15) is 0 Å². The van der Waals surface area contributed by atoms with Crippen molar-refractivity contribution in [3.63, 3.8) is 0 Å². The van der Waals surface area contributed by atoms with Crippen LogP contribution in [0.1, 0.15) is 66.0 Å². The van der Waals surface area contributed by atoms with Gasteiger partial charge >= 0.3 is 5.97 Å². The van der Waals surface area contributed by atoms with Gasteiger partial charge in [0.15, 0.2) is 5.11 Å². The van der Waals surface area contributed by atoms with Crippen molar-refractivity contribution in [2.45, 2.75) is 60.4 Å². The number of ether oxygens (including phenoxy) is 1. The van der Waals surface area contributed by atoms with Crippen molar-refractivity contribution < 1.29 is 14.3 Å². The molecule has 7 heteroatoms. The standard InChI is InChI=1S/C24H35N3O3S/c1-8-30-22(29)20-16(3)27(7)23(31)26-21(20)17-10-9-11-18(13-17)25-19(28)12-15(2)14-24(4,5)6/h9-11,13,15,21H,8,12,14H2,1-7H3,(H,25,28)(H,26,31). The minimum absolute atomic E-state index is 0.0157. The van der Waals surface area contributed by atoms with Crippen LogP contribution in [0.3, 0.4) is 0 Å². The number of nitrogens with zero attached hydrogens (tertiary/aromatic N) is 1. The lowest BCUT2D eigenvalue weighted by Crippen LogP contribution is -2.46. The molecule has 2 rings (SSSR count). The van der Waals surface area contributed by atoms with Crippen LogP contribution in [0.2, 0.25) is 0 Å². The summed E-state index contributed by atoms with van der Waals surface area (Å²) in [6, 6.07) is 7.06. The fraction of sp³-hybridized carbons (Fsp3) is 0.542. The number of esters is 1. The summed E-state index contributed by atoms with van der Waals surface area (Å²) in [6.45, 7) is 12.6. The lowest BCUT2D eigenvalue weighted by atomic mass is 9.84. The molecule has 31 heavy (non-hydrogen) atoms. The summed E-state index contributed by atoms with van der Waals surface area (Å²) in [6.07, 6.45) is 1.44. The third kappa shape index (κ3) is 6.79. The summed E-state index contributed by atoms with van der Waals surface area (Å²) in [4.78, 5) is 27.0. The van der Waals surface area contributed by atoms with Gasteiger partial charge in [-0.2, -0.15) is 0 Å². The fourth-order valence-corrected chi connectivity index (χ4v) is 4.26. The van der Waals surface area contributed by atoms with E-state index in [1.807, 2.05) is 38.2 Å². The van der Waals surface area contributed by atoms with Crippen LogP contribution in [0, 0.1) is 11.3 Å². The van der Waals surface area contributed by atoms with Crippen LogP contribution in [0.15, 0.2) is 35.5 Å². The second-order valence-electron chi connectivity index (χ2n) is 9.41. The van der Waals surface area contributed by atoms with Crippen LogP contribution >= 0.6 is 12.2 Å². The Morgan fingerprint density at radius 2 is 2.00 bits per heavy atom. The number of nitrogens with one attached hydrogen (secondary N) is 2. The number of hydrogen-bond acceptors (Lipinski definition) is 4. The quantitative estimate of drug-likeness (QED) is 0.465. The van der Waals surface area contributed by atoms with Gasteiger partial charge in [-0.1, -0.05) is 39.8 Å². The maximum Gasteiger partial charge on any atom is 0.338 e.